The SMILES string of the molecule is C=C(C)C(=O)OCCCCCCCCOc1ccc(C(=O)Nc2ccc([N+](=O)[O-])cc2)cc1. The van der Waals surface area contributed by atoms with E-state index in [-0.39, 0.29) is 17.6 Å². The third-order valence-corrected chi connectivity index (χ3v) is 4.84. The standard InChI is InChI=1S/C25H30N2O6/c1-19(2)25(29)33-18-8-6-4-3-5-7-17-32-23-15-9-20(10-16-23)24(28)26-21-11-13-22(14-12-21)27(30)31/h9-16H,1,3-8,17-18H2,2H3,(H,26,28). The van der Waals surface area contributed by atoms with Crippen molar-refractivity contribution >= 4 is 23.3 Å². The highest BCUT2D eigenvalue weighted by atomic mass is 16.6. The number of nitrogens with one attached hydrogen (secondary N) is 1. The second kappa shape index (κ2) is 13.7. The van der Waals surface area contributed by atoms with Gasteiger partial charge in [-0.1, -0.05) is 32.3 Å². The Morgan fingerprint density at radius 2 is 1.48 bits per heavy atom. The lowest BCUT2D eigenvalue weighted by molar-refractivity contribution is -0.384. The Labute approximate surface area is 193 Å². The lowest BCUT2D eigenvalue weighted by Crippen LogP contribution is -2.11. The van der Waals surface area contributed by atoms with E-state index in [0.29, 0.717) is 35.8 Å². The van der Waals surface area contributed by atoms with Crippen molar-refractivity contribution < 1.29 is 24.0 Å². The van der Waals surface area contributed by atoms with E-state index in [2.05, 4.69) is 11.9 Å². The van der Waals surface area contributed by atoms with E-state index < -0.39 is 4.92 Å². The molecule has 8 heteroatoms. The topological polar surface area (TPSA) is 108 Å². The zero-order valence-electron chi connectivity index (χ0n) is 18.9. The summed E-state index contributed by atoms with van der Waals surface area (Å²) in [4.78, 5) is 33.8. The highest BCUT2D eigenvalue weighted by Gasteiger charge is 2.09. The quantitative estimate of drug-likeness (QED) is 0.129. The van der Waals surface area contributed by atoms with Crippen LogP contribution in [0.5, 0.6) is 5.75 Å². The average Bonchev–Trinajstić information content (AvgIpc) is 2.80. The number of amides is 1. The van der Waals surface area contributed by atoms with E-state index in [1.54, 1.807) is 31.2 Å². The Morgan fingerprint density at radius 3 is 2.06 bits per heavy atom. The molecule has 1 N–H and O–H groups in total. The fourth-order valence-electron chi connectivity index (χ4n) is 2.96. The first-order valence-electron chi connectivity index (χ1n) is 11.0. The molecule has 2 aromatic carbocycles. The maximum Gasteiger partial charge on any atom is 0.333 e. The van der Waals surface area contributed by atoms with Crippen LogP contribution in [0.2, 0.25) is 0 Å². The molecule has 2 aromatic rings. The normalized spacial score (nSPS) is 10.3. The first-order chi connectivity index (χ1) is 15.9. The van der Waals surface area contributed by atoms with Gasteiger partial charge in [0, 0.05) is 29.0 Å². The Balaban J connectivity index is 1.58. The molecule has 2 rings (SSSR count). The van der Waals surface area contributed by atoms with Crippen LogP contribution in [0.4, 0.5) is 11.4 Å². The smallest absolute Gasteiger partial charge is 0.333 e. The molecule has 0 aromatic heterocycles. The number of carbonyl (C=O) groups is 2. The third kappa shape index (κ3) is 9.55. The van der Waals surface area contributed by atoms with E-state index in [9.17, 15) is 19.7 Å². The van der Waals surface area contributed by atoms with Crippen LogP contribution in [0, 0.1) is 10.1 Å². The molecule has 0 atom stereocenters. The summed E-state index contributed by atoms with van der Waals surface area (Å²) < 4.78 is 10.8. The minimum absolute atomic E-state index is 0.0314. The molecule has 0 unspecified atom stereocenters. The fraction of sp³-hybridized carbons (Fsp3) is 0.360. The van der Waals surface area contributed by atoms with E-state index in [1.807, 2.05) is 0 Å². The predicted molar refractivity (Wildman–Crippen MR) is 126 cm³/mol. The number of hydrogen-bond donors (Lipinski definition) is 1. The Bertz CT molecular complexity index is 938. The molecule has 0 spiro atoms. The van der Waals surface area contributed by atoms with Crippen LogP contribution in [0.25, 0.3) is 0 Å². The number of carbonyl (C=O) groups excluding carboxylic acids is 2. The highest BCUT2D eigenvalue weighted by Crippen LogP contribution is 2.18. The molecular formula is C25H30N2O6. The van der Waals surface area contributed by atoms with Crippen molar-refractivity contribution in [1.29, 1.82) is 0 Å². The van der Waals surface area contributed by atoms with Gasteiger partial charge in [-0.15, -0.1) is 0 Å². The second-order valence-electron chi connectivity index (χ2n) is 7.67. The van der Waals surface area contributed by atoms with Crippen molar-refractivity contribution in [2.45, 2.75) is 45.4 Å². The number of unbranched alkanes of at least 4 members (excludes halogenated alkanes) is 5. The van der Waals surface area contributed by atoms with E-state index in [1.165, 1.54) is 24.3 Å². The number of ether oxygens (including phenoxy) is 2. The van der Waals surface area contributed by atoms with E-state index in [4.69, 9.17) is 9.47 Å². The van der Waals surface area contributed by atoms with Crippen LogP contribution in [-0.4, -0.2) is 30.0 Å². The molecular weight excluding hydrogens is 424 g/mol. The average molecular weight is 455 g/mol. The van der Waals surface area contributed by atoms with Gasteiger partial charge in [0.2, 0.25) is 0 Å². The van der Waals surface area contributed by atoms with Gasteiger partial charge >= 0.3 is 5.97 Å². The lowest BCUT2D eigenvalue weighted by Gasteiger charge is -2.08. The zero-order chi connectivity index (χ0) is 24.1. The number of nitro groups is 1. The summed E-state index contributed by atoms with van der Waals surface area (Å²) in [6, 6.07) is 12.5. The van der Waals surface area contributed by atoms with Gasteiger partial charge in [-0.25, -0.2) is 4.79 Å². The van der Waals surface area contributed by atoms with Gasteiger partial charge in [0.15, 0.2) is 0 Å². The largest absolute Gasteiger partial charge is 0.494 e. The Kier molecular flexibility index (Phi) is 10.6. The molecule has 1 amide bonds. The van der Waals surface area contributed by atoms with Crippen LogP contribution in [0.15, 0.2) is 60.7 Å². The Hall–Kier alpha value is -3.68. The summed E-state index contributed by atoms with van der Waals surface area (Å²) in [6.45, 7) is 6.23. The number of anilines is 1. The first-order valence-corrected chi connectivity index (χ1v) is 11.0. The van der Waals surface area contributed by atoms with Crippen LogP contribution in [0.3, 0.4) is 0 Å². The molecule has 0 radical (unpaired) electrons. The molecule has 0 bridgehead atoms. The maximum atomic E-state index is 12.3. The van der Waals surface area contributed by atoms with Crippen molar-refractivity contribution in [3.8, 4) is 5.75 Å². The van der Waals surface area contributed by atoms with E-state index >= 15 is 0 Å². The molecule has 0 fully saturated rings. The minimum atomic E-state index is -0.489. The predicted octanol–water partition coefficient (Wildman–Crippen LogP) is 5.69. The van der Waals surface area contributed by atoms with Crippen LogP contribution in [-0.2, 0) is 9.53 Å². The van der Waals surface area contributed by atoms with Crippen molar-refractivity contribution in [2.24, 2.45) is 0 Å². The highest BCUT2D eigenvalue weighted by molar-refractivity contribution is 6.04. The van der Waals surface area contributed by atoms with Gasteiger partial charge in [0.25, 0.3) is 11.6 Å². The van der Waals surface area contributed by atoms with Crippen molar-refractivity contribution in [3.63, 3.8) is 0 Å². The number of hydrogen-bond acceptors (Lipinski definition) is 6. The van der Waals surface area contributed by atoms with E-state index in [0.717, 1.165) is 38.5 Å². The van der Waals surface area contributed by atoms with Gasteiger partial charge in [-0.2, -0.15) is 0 Å². The maximum absolute atomic E-state index is 12.3. The number of nitrogens with zero attached hydrogens (tertiary/aromatic N) is 1. The third-order valence-electron chi connectivity index (χ3n) is 4.84. The number of esters is 1. The van der Waals surface area contributed by atoms with Crippen molar-refractivity contribution in [1.82, 2.24) is 0 Å². The summed E-state index contributed by atoms with van der Waals surface area (Å²) in [7, 11) is 0. The van der Waals surface area contributed by atoms with Gasteiger partial charge in [-0.05, 0) is 56.2 Å². The summed E-state index contributed by atoms with van der Waals surface area (Å²) in [5.74, 6) is 0.0660. The van der Waals surface area contributed by atoms with Crippen molar-refractivity contribution in [2.75, 3.05) is 18.5 Å². The van der Waals surface area contributed by atoms with Crippen molar-refractivity contribution in [3.05, 3.63) is 76.4 Å². The summed E-state index contributed by atoms with van der Waals surface area (Å²) >= 11 is 0. The van der Waals surface area contributed by atoms with Crippen LogP contribution >= 0.6 is 0 Å². The monoisotopic (exact) mass is 454 g/mol. The summed E-state index contributed by atoms with van der Waals surface area (Å²) in [5, 5.41) is 13.4. The molecule has 0 aliphatic heterocycles. The molecule has 0 heterocycles. The molecule has 0 aliphatic carbocycles. The number of nitro benzene ring substituents is 1. The molecule has 0 saturated carbocycles. The number of non-ortho nitro benzene ring substituents is 1. The summed E-state index contributed by atoms with van der Waals surface area (Å²) in [6.07, 6.45) is 6.06. The fourth-order valence-corrected chi connectivity index (χ4v) is 2.96. The molecule has 33 heavy (non-hydrogen) atoms. The zero-order valence-corrected chi connectivity index (χ0v) is 18.9. The second-order valence-corrected chi connectivity index (χ2v) is 7.67. The summed E-state index contributed by atoms with van der Waals surface area (Å²) in [5.41, 5.74) is 1.35. The van der Waals surface area contributed by atoms with Gasteiger partial charge in [0.1, 0.15) is 5.75 Å². The van der Waals surface area contributed by atoms with Gasteiger partial charge in [-0.3, -0.25) is 14.9 Å². The Morgan fingerprint density at radius 1 is 0.909 bits per heavy atom. The lowest BCUT2D eigenvalue weighted by atomic mass is 10.1. The number of rotatable bonds is 14. The number of benzene rings is 2. The van der Waals surface area contributed by atoms with Gasteiger partial charge in [0.05, 0.1) is 18.1 Å². The molecule has 176 valence electrons. The molecule has 0 aliphatic rings. The minimum Gasteiger partial charge on any atom is -0.494 e. The molecule has 0 saturated heterocycles. The van der Waals surface area contributed by atoms with Crippen LogP contribution < -0.4 is 10.1 Å². The van der Waals surface area contributed by atoms with Gasteiger partial charge < -0.3 is 14.8 Å². The van der Waals surface area contributed by atoms with Crippen LogP contribution in [0.1, 0.15) is 55.8 Å². The molecule has 8 nitrogen and oxygen atoms in total. The first kappa shape index (κ1) is 25.6.